The molecule has 1 aliphatic carbocycles. The van der Waals surface area contributed by atoms with Gasteiger partial charge in [-0.3, -0.25) is 14.6 Å². The molecule has 2 aromatic rings. The molecule has 1 saturated heterocycles. The molecule has 0 unspecified atom stereocenters. The fourth-order valence-corrected chi connectivity index (χ4v) is 3.97. The minimum Gasteiger partial charge on any atom is -0.481 e. The first-order chi connectivity index (χ1) is 12.4. The normalized spacial score (nSPS) is 18.3. The van der Waals surface area contributed by atoms with Crippen LogP contribution >= 0.6 is 0 Å². The number of aryl methyl sites for hydroxylation is 2. The maximum absolute atomic E-state index is 13.3. The number of aromatic nitrogens is 1. The number of carbonyl (C=O) groups excluding carboxylic acids is 1. The molecule has 26 heavy (non-hydrogen) atoms. The van der Waals surface area contributed by atoms with Crippen LogP contribution in [0.25, 0.3) is 10.9 Å². The number of carboxylic acid groups (broad SMARTS) is 1. The van der Waals surface area contributed by atoms with Crippen LogP contribution in [0.5, 0.6) is 0 Å². The molecule has 1 aliphatic heterocycles. The molecule has 1 saturated carbocycles. The zero-order chi connectivity index (χ0) is 18.4. The van der Waals surface area contributed by atoms with Crippen molar-refractivity contribution in [1.29, 1.82) is 0 Å². The summed E-state index contributed by atoms with van der Waals surface area (Å²) >= 11 is 0. The first-order valence-electron chi connectivity index (χ1n) is 9.38. The topological polar surface area (TPSA) is 70.5 Å². The highest BCUT2D eigenvalue weighted by atomic mass is 16.4. The van der Waals surface area contributed by atoms with Gasteiger partial charge in [-0.1, -0.05) is 11.6 Å². The number of piperidine rings is 1. The third-order valence-electron chi connectivity index (χ3n) is 5.63. The molecule has 5 nitrogen and oxygen atoms in total. The second kappa shape index (κ2) is 6.38. The Bertz CT molecular complexity index is 894. The zero-order valence-electron chi connectivity index (χ0n) is 15.3. The van der Waals surface area contributed by atoms with E-state index in [2.05, 4.69) is 6.07 Å². The number of hydrogen-bond donors (Lipinski definition) is 1. The summed E-state index contributed by atoms with van der Waals surface area (Å²) < 4.78 is 0. The summed E-state index contributed by atoms with van der Waals surface area (Å²) in [6.45, 7) is 5.09. The van der Waals surface area contributed by atoms with Crippen molar-refractivity contribution in [2.75, 3.05) is 13.1 Å². The predicted octanol–water partition coefficient (Wildman–Crippen LogP) is 3.67. The summed E-state index contributed by atoms with van der Waals surface area (Å²) in [6.07, 6.45) is 3.33. The number of nitrogens with zero attached hydrogens (tertiary/aromatic N) is 2. The van der Waals surface area contributed by atoms with Crippen LogP contribution in [0.1, 0.15) is 58.8 Å². The highest BCUT2D eigenvalue weighted by Gasteiger charge is 2.31. The Hall–Kier alpha value is -2.43. The molecule has 0 spiro atoms. The van der Waals surface area contributed by atoms with Gasteiger partial charge in [0.15, 0.2) is 0 Å². The molecule has 2 aliphatic rings. The van der Waals surface area contributed by atoms with Crippen molar-refractivity contribution in [3.8, 4) is 0 Å². The second-order valence-electron chi connectivity index (χ2n) is 7.75. The molecule has 5 heteroatoms. The molecule has 1 amide bonds. The van der Waals surface area contributed by atoms with Gasteiger partial charge in [0.05, 0.1) is 17.0 Å². The molecule has 0 bridgehead atoms. The first-order valence-corrected chi connectivity index (χ1v) is 9.38. The average Bonchev–Trinajstić information content (AvgIpc) is 3.45. The van der Waals surface area contributed by atoms with Gasteiger partial charge in [0.25, 0.3) is 5.91 Å². The third-order valence-corrected chi connectivity index (χ3v) is 5.63. The van der Waals surface area contributed by atoms with Crippen molar-refractivity contribution in [3.63, 3.8) is 0 Å². The lowest BCUT2D eigenvalue weighted by Gasteiger charge is -2.30. The maximum atomic E-state index is 13.3. The fraction of sp³-hybridized carbons (Fsp3) is 0.476. The zero-order valence-corrected chi connectivity index (χ0v) is 15.3. The van der Waals surface area contributed by atoms with Crippen molar-refractivity contribution >= 4 is 22.8 Å². The Balaban J connectivity index is 1.73. The monoisotopic (exact) mass is 352 g/mol. The SMILES string of the molecule is Cc1cc(C)c2nc(C3CC3)cc(C(=O)N3CCC(C(=O)O)CC3)c2c1. The van der Waals surface area contributed by atoms with Crippen LogP contribution in [-0.4, -0.2) is 40.0 Å². The molecule has 1 N–H and O–H groups in total. The van der Waals surface area contributed by atoms with Crippen LogP contribution in [0.4, 0.5) is 0 Å². The number of rotatable bonds is 3. The van der Waals surface area contributed by atoms with E-state index >= 15 is 0 Å². The Kier molecular flexibility index (Phi) is 4.17. The lowest BCUT2D eigenvalue weighted by molar-refractivity contribution is -0.143. The first kappa shape index (κ1) is 17.0. The second-order valence-corrected chi connectivity index (χ2v) is 7.75. The van der Waals surface area contributed by atoms with Crippen molar-refractivity contribution in [2.24, 2.45) is 5.92 Å². The Morgan fingerprint density at radius 1 is 1.08 bits per heavy atom. The predicted molar refractivity (Wildman–Crippen MR) is 99.5 cm³/mol. The van der Waals surface area contributed by atoms with Crippen LogP contribution in [0.15, 0.2) is 18.2 Å². The molecule has 0 atom stereocenters. The molecule has 0 radical (unpaired) electrons. The summed E-state index contributed by atoms with van der Waals surface area (Å²) in [6, 6.07) is 6.13. The lowest BCUT2D eigenvalue weighted by Crippen LogP contribution is -2.40. The number of benzene rings is 1. The van der Waals surface area contributed by atoms with Crippen LogP contribution in [-0.2, 0) is 4.79 Å². The van der Waals surface area contributed by atoms with E-state index in [1.54, 1.807) is 0 Å². The van der Waals surface area contributed by atoms with Crippen LogP contribution in [0, 0.1) is 19.8 Å². The fourth-order valence-electron chi connectivity index (χ4n) is 3.97. The Labute approximate surface area is 153 Å². The number of carbonyl (C=O) groups is 2. The molecule has 2 fully saturated rings. The number of carboxylic acids is 1. The van der Waals surface area contributed by atoms with E-state index in [9.17, 15) is 14.7 Å². The van der Waals surface area contributed by atoms with Gasteiger partial charge in [0.2, 0.25) is 0 Å². The van der Waals surface area contributed by atoms with E-state index in [-0.39, 0.29) is 11.8 Å². The van der Waals surface area contributed by atoms with Gasteiger partial charge in [-0.15, -0.1) is 0 Å². The molecule has 1 aromatic carbocycles. The smallest absolute Gasteiger partial charge is 0.306 e. The summed E-state index contributed by atoms with van der Waals surface area (Å²) in [5.74, 6) is -0.606. The standard InChI is InChI=1S/C21H24N2O3/c1-12-9-13(2)19-16(10-12)17(11-18(22-19)14-3-4-14)20(24)23-7-5-15(6-8-23)21(25)26/h9-11,14-15H,3-8H2,1-2H3,(H,25,26). The molecular formula is C21H24N2O3. The number of hydrogen-bond acceptors (Lipinski definition) is 3. The van der Waals surface area contributed by atoms with E-state index in [1.807, 2.05) is 30.9 Å². The molecule has 4 rings (SSSR count). The minimum absolute atomic E-state index is 0.00754. The third kappa shape index (κ3) is 3.06. The quantitative estimate of drug-likeness (QED) is 0.915. The van der Waals surface area contributed by atoms with Crippen molar-refractivity contribution in [2.45, 2.75) is 45.4 Å². The lowest BCUT2D eigenvalue weighted by atomic mass is 9.95. The van der Waals surface area contributed by atoms with E-state index in [0.717, 1.165) is 46.1 Å². The van der Waals surface area contributed by atoms with E-state index in [4.69, 9.17) is 4.98 Å². The van der Waals surface area contributed by atoms with Gasteiger partial charge in [-0.25, -0.2) is 0 Å². The molecular weight excluding hydrogens is 328 g/mol. The summed E-state index contributed by atoms with van der Waals surface area (Å²) in [4.78, 5) is 31.1. The van der Waals surface area contributed by atoms with Gasteiger partial charge in [-0.2, -0.15) is 0 Å². The van der Waals surface area contributed by atoms with Gasteiger partial charge in [0, 0.05) is 30.1 Å². The van der Waals surface area contributed by atoms with Crippen LogP contribution < -0.4 is 0 Å². The summed E-state index contributed by atoms with van der Waals surface area (Å²) in [7, 11) is 0. The number of amides is 1. The van der Waals surface area contributed by atoms with Gasteiger partial charge in [-0.05, 0) is 57.2 Å². The van der Waals surface area contributed by atoms with Crippen LogP contribution in [0.3, 0.4) is 0 Å². The number of pyridine rings is 1. The van der Waals surface area contributed by atoms with Gasteiger partial charge < -0.3 is 10.0 Å². The number of aliphatic carboxylic acids is 1. The molecule has 2 heterocycles. The van der Waals surface area contributed by atoms with Crippen molar-refractivity contribution in [1.82, 2.24) is 9.88 Å². The minimum atomic E-state index is -0.756. The summed E-state index contributed by atoms with van der Waals surface area (Å²) in [5.41, 5.74) is 4.88. The molecule has 1 aromatic heterocycles. The van der Waals surface area contributed by atoms with Crippen molar-refractivity contribution in [3.05, 3.63) is 40.6 Å². The van der Waals surface area contributed by atoms with E-state index in [0.29, 0.717) is 31.8 Å². The number of fused-ring (bicyclic) bond motifs is 1. The molecule has 136 valence electrons. The van der Waals surface area contributed by atoms with Gasteiger partial charge >= 0.3 is 5.97 Å². The highest BCUT2D eigenvalue weighted by molar-refractivity contribution is 6.07. The maximum Gasteiger partial charge on any atom is 0.306 e. The van der Waals surface area contributed by atoms with Crippen LogP contribution in [0.2, 0.25) is 0 Å². The average molecular weight is 352 g/mol. The summed E-state index contributed by atoms with van der Waals surface area (Å²) in [5, 5.41) is 10.1. The number of likely N-dealkylation sites (tertiary alicyclic amines) is 1. The van der Waals surface area contributed by atoms with E-state index in [1.165, 1.54) is 0 Å². The Morgan fingerprint density at radius 2 is 1.77 bits per heavy atom. The van der Waals surface area contributed by atoms with Crippen molar-refractivity contribution < 1.29 is 14.7 Å². The van der Waals surface area contributed by atoms with E-state index < -0.39 is 5.97 Å². The largest absolute Gasteiger partial charge is 0.481 e. The highest BCUT2D eigenvalue weighted by Crippen LogP contribution is 2.41. The Morgan fingerprint density at radius 3 is 2.38 bits per heavy atom. The van der Waals surface area contributed by atoms with Gasteiger partial charge in [0.1, 0.15) is 0 Å².